The summed E-state index contributed by atoms with van der Waals surface area (Å²) in [5.74, 6) is 1.59. The first-order valence-corrected chi connectivity index (χ1v) is 7.68. The molecule has 0 unspecified atom stereocenters. The molecule has 0 aliphatic heterocycles. The predicted octanol–water partition coefficient (Wildman–Crippen LogP) is 2.57. The highest BCUT2D eigenvalue weighted by molar-refractivity contribution is 5.88. The summed E-state index contributed by atoms with van der Waals surface area (Å²) < 4.78 is 3.78. The second-order valence-electron chi connectivity index (χ2n) is 5.31. The van der Waals surface area contributed by atoms with Gasteiger partial charge in [0.25, 0.3) is 0 Å². The zero-order valence-corrected chi connectivity index (χ0v) is 13.3. The number of amides is 2. The first kappa shape index (κ1) is 15.1. The van der Waals surface area contributed by atoms with E-state index in [9.17, 15) is 4.79 Å². The maximum absolute atomic E-state index is 12.1. The number of aryl methyl sites for hydroxylation is 2. The van der Waals surface area contributed by atoms with Crippen molar-refractivity contribution >= 4 is 17.4 Å². The average molecular weight is 312 g/mol. The second-order valence-corrected chi connectivity index (χ2v) is 5.31. The van der Waals surface area contributed by atoms with Crippen molar-refractivity contribution < 1.29 is 4.79 Å². The maximum atomic E-state index is 12.1. The van der Waals surface area contributed by atoms with Crippen LogP contribution in [0.1, 0.15) is 24.9 Å². The number of pyridine rings is 1. The second kappa shape index (κ2) is 6.51. The van der Waals surface area contributed by atoms with Gasteiger partial charge < -0.3 is 9.72 Å². The van der Waals surface area contributed by atoms with E-state index in [1.165, 1.54) is 0 Å². The number of carbonyl (C=O) groups excluding carboxylic acids is 1. The molecular formula is C16H20N6O. The number of hydrogen-bond donors (Lipinski definition) is 2. The normalized spacial score (nSPS) is 10.9. The third-order valence-electron chi connectivity index (χ3n) is 3.61. The van der Waals surface area contributed by atoms with Crippen molar-refractivity contribution in [3.63, 3.8) is 0 Å². The van der Waals surface area contributed by atoms with Gasteiger partial charge in [-0.25, -0.2) is 14.5 Å². The molecule has 2 N–H and O–H groups in total. The van der Waals surface area contributed by atoms with Crippen LogP contribution in [0, 0.1) is 6.92 Å². The summed E-state index contributed by atoms with van der Waals surface area (Å²) in [5, 5.41) is 9.84. The Labute approximate surface area is 134 Å². The minimum absolute atomic E-state index is 0.266. The van der Waals surface area contributed by atoms with Gasteiger partial charge in [0, 0.05) is 18.8 Å². The van der Waals surface area contributed by atoms with Crippen LogP contribution in [-0.4, -0.2) is 25.2 Å². The molecule has 3 rings (SSSR count). The summed E-state index contributed by atoms with van der Waals surface area (Å²) in [4.78, 5) is 16.6. The van der Waals surface area contributed by atoms with E-state index in [0.29, 0.717) is 12.4 Å². The van der Waals surface area contributed by atoms with Crippen molar-refractivity contribution in [2.45, 2.75) is 33.4 Å². The molecule has 23 heavy (non-hydrogen) atoms. The third kappa shape index (κ3) is 3.18. The number of rotatable bonds is 5. The number of nitrogens with one attached hydrogen (secondary N) is 2. The van der Waals surface area contributed by atoms with E-state index in [1.807, 2.05) is 35.7 Å². The minimum atomic E-state index is -0.266. The molecule has 0 bridgehead atoms. The Morgan fingerprint density at radius 3 is 3.00 bits per heavy atom. The van der Waals surface area contributed by atoms with Gasteiger partial charge >= 0.3 is 6.03 Å². The monoisotopic (exact) mass is 312 g/mol. The van der Waals surface area contributed by atoms with Crippen molar-refractivity contribution in [3.8, 4) is 0 Å². The molecule has 0 aromatic carbocycles. The Morgan fingerprint density at radius 2 is 2.17 bits per heavy atom. The SMILES string of the molecule is CCCn1nccc1NC(=O)NCc1nc(C)n2ccccc12. The smallest absolute Gasteiger partial charge is 0.320 e. The molecule has 0 aliphatic rings. The molecule has 120 valence electrons. The first-order valence-electron chi connectivity index (χ1n) is 7.68. The topological polar surface area (TPSA) is 76.2 Å². The summed E-state index contributed by atoms with van der Waals surface area (Å²) in [6.45, 7) is 5.15. The minimum Gasteiger partial charge on any atom is -0.332 e. The fourth-order valence-corrected chi connectivity index (χ4v) is 2.55. The van der Waals surface area contributed by atoms with Gasteiger partial charge in [-0.3, -0.25) is 5.32 Å². The molecule has 0 aliphatic carbocycles. The van der Waals surface area contributed by atoms with Crippen molar-refractivity contribution in [2.75, 3.05) is 5.32 Å². The van der Waals surface area contributed by atoms with E-state index in [4.69, 9.17) is 0 Å². The predicted molar refractivity (Wildman–Crippen MR) is 88.3 cm³/mol. The number of fused-ring (bicyclic) bond motifs is 1. The van der Waals surface area contributed by atoms with E-state index in [2.05, 4.69) is 27.6 Å². The van der Waals surface area contributed by atoms with Crippen LogP contribution in [0.4, 0.5) is 10.6 Å². The molecule has 0 fully saturated rings. The van der Waals surface area contributed by atoms with Gasteiger partial charge in [-0.15, -0.1) is 0 Å². The van der Waals surface area contributed by atoms with Crippen molar-refractivity contribution in [1.82, 2.24) is 24.5 Å². The summed E-state index contributed by atoms with van der Waals surface area (Å²) in [6, 6.07) is 7.43. The number of imidazole rings is 1. The number of nitrogens with zero attached hydrogens (tertiary/aromatic N) is 4. The Bertz CT molecular complexity index is 819. The number of hydrogen-bond acceptors (Lipinski definition) is 3. The van der Waals surface area contributed by atoms with Gasteiger partial charge in [-0.1, -0.05) is 13.0 Å². The standard InChI is InChI=1S/C16H20N6O/c1-3-9-22-15(7-8-18-22)20-16(23)17-11-13-14-6-4-5-10-21(14)12(2)19-13/h4-8,10H,3,9,11H2,1-2H3,(H2,17,20,23). The summed E-state index contributed by atoms with van der Waals surface area (Å²) >= 11 is 0. The van der Waals surface area contributed by atoms with Crippen LogP contribution < -0.4 is 10.6 Å². The first-order chi connectivity index (χ1) is 11.2. The van der Waals surface area contributed by atoms with E-state index in [-0.39, 0.29) is 6.03 Å². The Morgan fingerprint density at radius 1 is 1.30 bits per heavy atom. The number of anilines is 1. The van der Waals surface area contributed by atoms with Crippen molar-refractivity contribution in [1.29, 1.82) is 0 Å². The van der Waals surface area contributed by atoms with Gasteiger partial charge in [0.05, 0.1) is 24.0 Å². The van der Waals surface area contributed by atoms with E-state index >= 15 is 0 Å². The van der Waals surface area contributed by atoms with Gasteiger partial charge in [0.1, 0.15) is 11.6 Å². The summed E-state index contributed by atoms with van der Waals surface area (Å²) in [6.07, 6.45) is 4.60. The highest BCUT2D eigenvalue weighted by Gasteiger charge is 2.10. The Kier molecular flexibility index (Phi) is 4.27. The molecule has 0 saturated carbocycles. The van der Waals surface area contributed by atoms with Crippen LogP contribution in [0.15, 0.2) is 36.7 Å². The number of urea groups is 1. The van der Waals surface area contributed by atoms with E-state index < -0.39 is 0 Å². The van der Waals surface area contributed by atoms with Crippen molar-refractivity contribution in [3.05, 3.63) is 48.2 Å². The van der Waals surface area contributed by atoms with Gasteiger partial charge in [0.2, 0.25) is 0 Å². The molecule has 7 nitrogen and oxygen atoms in total. The number of aromatic nitrogens is 4. The maximum Gasteiger partial charge on any atom is 0.320 e. The molecule has 3 aromatic heterocycles. The fraction of sp³-hybridized carbons (Fsp3) is 0.312. The lowest BCUT2D eigenvalue weighted by atomic mass is 10.3. The molecule has 0 saturated heterocycles. The van der Waals surface area contributed by atoms with E-state index in [1.54, 1.807) is 16.9 Å². The average Bonchev–Trinajstić information content (AvgIpc) is 3.11. The molecule has 3 aromatic rings. The zero-order chi connectivity index (χ0) is 16.2. The van der Waals surface area contributed by atoms with Gasteiger partial charge in [-0.05, 0) is 25.5 Å². The molecule has 2 amide bonds. The Balaban J connectivity index is 1.65. The molecule has 0 atom stereocenters. The van der Waals surface area contributed by atoms with Crippen LogP contribution in [0.25, 0.3) is 5.52 Å². The van der Waals surface area contributed by atoms with Gasteiger partial charge in [-0.2, -0.15) is 5.10 Å². The zero-order valence-electron chi connectivity index (χ0n) is 13.3. The van der Waals surface area contributed by atoms with Gasteiger partial charge in [0.15, 0.2) is 0 Å². The lowest BCUT2D eigenvalue weighted by molar-refractivity contribution is 0.251. The van der Waals surface area contributed by atoms with Crippen LogP contribution in [0.3, 0.4) is 0 Å². The highest BCUT2D eigenvalue weighted by atomic mass is 16.2. The van der Waals surface area contributed by atoms with E-state index in [0.717, 1.165) is 30.0 Å². The van der Waals surface area contributed by atoms with Crippen molar-refractivity contribution in [2.24, 2.45) is 0 Å². The number of carbonyl (C=O) groups is 1. The molecule has 0 radical (unpaired) electrons. The highest BCUT2D eigenvalue weighted by Crippen LogP contribution is 2.12. The lowest BCUT2D eigenvalue weighted by Gasteiger charge is -2.09. The summed E-state index contributed by atoms with van der Waals surface area (Å²) in [7, 11) is 0. The van der Waals surface area contributed by atoms with Crippen LogP contribution in [0.2, 0.25) is 0 Å². The lowest BCUT2D eigenvalue weighted by Crippen LogP contribution is -2.29. The molecule has 7 heteroatoms. The summed E-state index contributed by atoms with van der Waals surface area (Å²) in [5.41, 5.74) is 1.85. The molecule has 3 heterocycles. The third-order valence-corrected chi connectivity index (χ3v) is 3.61. The Hall–Kier alpha value is -2.83. The van der Waals surface area contributed by atoms with Crippen LogP contribution >= 0.6 is 0 Å². The fourth-order valence-electron chi connectivity index (χ4n) is 2.55. The largest absolute Gasteiger partial charge is 0.332 e. The molecular weight excluding hydrogens is 292 g/mol. The van der Waals surface area contributed by atoms with Crippen LogP contribution in [0.5, 0.6) is 0 Å². The molecule has 0 spiro atoms. The quantitative estimate of drug-likeness (QED) is 0.760. The van der Waals surface area contributed by atoms with Crippen LogP contribution in [-0.2, 0) is 13.1 Å².